The molecule has 3 heteroatoms. The standard InChI is InChI=1S/C11H15NO2/c1-2-9-3-5-10(6-4-9)7-8-14-11(12)13/h3-6H,2,7-8H2,1H3,(H2,12,13). The van der Waals surface area contributed by atoms with Gasteiger partial charge in [0.25, 0.3) is 0 Å². The Morgan fingerprint density at radius 3 is 2.36 bits per heavy atom. The molecule has 0 saturated heterocycles. The van der Waals surface area contributed by atoms with Crippen LogP contribution in [0.1, 0.15) is 18.1 Å². The van der Waals surface area contributed by atoms with Crippen LogP contribution in [-0.4, -0.2) is 12.7 Å². The Bertz CT molecular complexity index is 293. The van der Waals surface area contributed by atoms with E-state index in [0.29, 0.717) is 13.0 Å². The third-order valence-electron chi connectivity index (χ3n) is 2.07. The third-order valence-corrected chi connectivity index (χ3v) is 2.07. The van der Waals surface area contributed by atoms with Crippen LogP contribution < -0.4 is 5.73 Å². The van der Waals surface area contributed by atoms with E-state index in [1.54, 1.807) is 0 Å². The number of hydrogen-bond acceptors (Lipinski definition) is 2. The average molecular weight is 193 g/mol. The van der Waals surface area contributed by atoms with E-state index < -0.39 is 6.09 Å². The predicted molar refractivity (Wildman–Crippen MR) is 55.1 cm³/mol. The summed E-state index contributed by atoms with van der Waals surface area (Å²) in [5.74, 6) is 0. The maximum Gasteiger partial charge on any atom is 0.404 e. The zero-order chi connectivity index (χ0) is 10.4. The van der Waals surface area contributed by atoms with Gasteiger partial charge in [-0.05, 0) is 17.5 Å². The Labute approximate surface area is 83.9 Å². The van der Waals surface area contributed by atoms with Crippen LogP contribution in [0.2, 0.25) is 0 Å². The van der Waals surface area contributed by atoms with Crippen LogP contribution in [-0.2, 0) is 17.6 Å². The van der Waals surface area contributed by atoms with E-state index in [9.17, 15) is 4.79 Å². The van der Waals surface area contributed by atoms with E-state index in [4.69, 9.17) is 5.73 Å². The SMILES string of the molecule is CCc1ccc(CCOC(N)=O)cc1. The molecule has 0 spiro atoms. The van der Waals surface area contributed by atoms with Crippen LogP contribution in [0, 0.1) is 0 Å². The maximum atomic E-state index is 10.3. The van der Waals surface area contributed by atoms with Gasteiger partial charge in [0.2, 0.25) is 0 Å². The van der Waals surface area contributed by atoms with Crippen LogP contribution >= 0.6 is 0 Å². The molecule has 0 aliphatic heterocycles. The second-order valence-electron chi connectivity index (χ2n) is 3.09. The van der Waals surface area contributed by atoms with Gasteiger partial charge >= 0.3 is 6.09 Å². The Hall–Kier alpha value is -1.51. The minimum atomic E-state index is -0.713. The van der Waals surface area contributed by atoms with Crippen molar-refractivity contribution in [3.63, 3.8) is 0 Å². The molecule has 0 saturated carbocycles. The van der Waals surface area contributed by atoms with Gasteiger partial charge in [-0.2, -0.15) is 0 Å². The summed E-state index contributed by atoms with van der Waals surface area (Å²) in [6.45, 7) is 2.46. The number of primary amides is 1. The summed E-state index contributed by atoms with van der Waals surface area (Å²) in [6.07, 6.45) is 1.04. The van der Waals surface area contributed by atoms with Crippen LogP contribution in [0.3, 0.4) is 0 Å². The molecule has 0 aliphatic carbocycles. The lowest BCUT2D eigenvalue weighted by Crippen LogP contribution is -2.14. The highest BCUT2D eigenvalue weighted by Gasteiger charge is 1.96. The molecule has 0 fully saturated rings. The fourth-order valence-electron chi connectivity index (χ4n) is 1.21. The van der Waals surface area contributed by atoms with Crippen molar-refractivity contribution in [3.05, 3.63) is 35.4 Å². The molecule has 0 atom stereocenters. The number of benzene rings is 1. The topological polar surface area (TPSA) is 52.3 Å². The summed E-state index contributed by atoms with van der Waals surface area (Å²) in [7, 11) is 0. The van der Waals surface area contributed by atoms with Gasteiger partial charge in [0.1, 0.15) is 0 Å². The van der Waals surface area contributed by atoms with Crippen molar-refractivity contribution in [2.75, 3.05) is 6.61 Å². The van der Waals surface area contributed by atoms with Crippen molar-refractivity contribution < 1.29 is 9.53 Å². The molecule has 0 radical (unpaired) electrons. The summed E-state index contributed by atoms with van der Waals surface area (Å²) in [5.41, 5.74) is 7.31. The first kappa shape index (κ1) is 10.6. The molecule has 1 aromatic carbocycles. The molecule has 0 aliphatic rings. The molecule has 3 nitrogen and oxygen atoms in total. The van der Waals surface area contributed by atoms with Gasteiger partial charge in [0.05, 0.1) is 6.61 Å². The predicted octanol–water partition coefficient (Wildman–Crippen LogP) is 1.89. The second kappa shape index (κ2) is 5.27. The summed E-state index contributed by atoms with van der Waals surface area (Å²) >= 11 is 0. The number of hydrogen-bond donors (Lipinski definition) is 1. The van der Waals surface area contributed by atoms with Crippen LogP contribution in [0.5, 0.6) is 0 Å². The first-order chi connectivity index (χ1) is 6.72. The number of carbonyl (C=O) groups excluding carboxylic acids is 1. The van der Waals surface area contributed by atoms with Gasteiger partial charge < -0.3 is 10.5 Å². The van der Waals surface area contributed by atoms with Gasteiger partial charge in [-0.3, -0.25) is 0 Å². The lowest BCUT2D eigenvalue weighted by atomic mass is 10.1. The quantitative estimate of drug-likeness (QED) is 0.793. The van der Waals surface area contributed by atoms with Crippen molar-refractivity contribution in [3.8, 4) is 0 Å². The van der Waals surface area contributed by atoms with Crippen molar-refractivity contribution >= 4 is 6.09 Å². The zero-order valence-electron chi connectivity index (χ0n) is 8.32. The average Bonchev–Trinajstić information content (AvgIpc) is 2.18. The second-order valence-corrected chi connectivity index (χ2v) is 3.09. The first-order valence-electron chi connectivity index (χ1n) is 4.72. The molecule has 0 heterocycles. The molecule has 76 valence electrons. The maximum absolute atomic E-state index is 10.3. The smallest absolute Gasteiger partial charge is 0.404 e. The number of carbonyl (C=O) groups is 1. The Morgan fingerprint density at radius 1 is 1.29 bits per heavy atom. The minimum absolute atomic E-state index is 0.348. The monoisotopic (exact) mass is 193 g/mol. The summed E-state index contributed by atoms with van der Waals surface area (Å²) in [6, 6.07) is 8.26. The van der Waals surface area contributed by atoms with E-state index in [2.05, 4.69) is 23.8 Å². The molecule has 0 bridgehead atoms. The molecule has 1 amide bonds. The molecule has 1 rings (SSSR count). The Morgan fingerprint density at radius 2 is 1.86 bits per heavy atom. The highest BCUT2D eigenvalue weighted by molar-refractivity contribution is 5.64. The molecule has 14 heavy (non-hydrogen) atoms. The van der Waals surface area contributed by atoms with Crippen molar-refractivity contribution in [1.82, 2.24) is 0 Å². The lowest BCUT2D eigenvalue weighted by molar-refractivity contribution is 0.158. The number of rotatable bonds is 4. The number of ether oxygens (including phenoxy) is 1. The van der Waals surface area contributed by atoms with E-state index in [1.165, 1.54) is 5.56 Å². The number of aryl methyl sites for hydroxylation is 1. The Kier molecular flexibility index (Phi) is 3.98. The fraction of sp³-hybridized carbons (Fsp3) is 0.364. The van der Waals surface area contributed by atoms with Crippen molar-refractivity contribution in [2.24, 2.45) is 5.73 Å². The summed E-state index contributed by atoms with van der Waals surface area (Å²) in [4.78, 5) is 10.3. The number of nitrogens with two attached hydrogens (primary N) is 1. The van der Waals surface area contributed by atoms with E-state index in [0.717, 1.165) is 12.0 Å². The highest BCUT2D eigenvalue weighted by Crippen LogP contribution is 2.05. The van der Waals surface area contributed by atoms with Gasteiger partial charge in [-0.15, -0.1) is 0 Å². The Balaban J connectivity index is 2.40. The highest BCUT2D eigenvalue weighted by atomic mass is 16.5. The third kappa shape index (κ3) is 3.47. The minimum Gasteiger partial charge on any atom is -0.449 e. The van der Waals surface area contributed by atoms with E-state index >= 15 is 0 Å². The first-order valence-corrected chi connectivity index (χ1v) is 4.72. The molecular weight excluding hydrogens is 178 g/mol. The van der Waals surface area contributed by atoms with Gasteiger partial charge in [-0.25, -0.2) is 4.79 Å². The molecule has 0 unspecified atom stereocenters. The molecule has 1 aromatic rings. The molecular formula is C11H15NO2. The van der Waals surface area contributed by atoms with Gasteiger partial charge in [-0.1, -0.05) is 31.2 Å². The summed E-state index contributed by atoms with van der Waals surface area (Å²) < 4.78 is 4.64. The van der Waals surface area contributed by atoms with Crippen molar-refractivity contribution in [1.29, 1.82) is 0 Å². The fourth-order valence-corrected chi connectivity index (χ4v) is 1.21. The number of amides is 1. The van der Waals surface area contributed by atoms with E-state index in [1.807, 2.05) is 12.1 Å². The lowest BCUT2D eigenvalue weighted by Gasteiger charge is -2.02. The van der Waals surface area contributed by atoms with Gasteiger partial charge in [0.15, 0.2) is 0 Å². The molecule has 2 N–H and O–H groups in total. The summed E-state index contributed by atoms with van der Waals surface area (Å²) in [5, 5.41) is 0. The van der Waals surface area contributed by atoms with Crippen LogP contribution in [0.25, 0.3) is 0 Å². The normalized spacial score (nSPS) is 9.79. The largest absolute Gasteiger partial charge is 0.449 e. The molecule has 0 aromatic heterocycles. The van der Waals surface area contributed by atoms with Crippen LogP contribution in [0.4, 0.5) is 4.79 Å². The van der Waals surface area contributed by atoms with E-state index in [-0.39, 0.29) is 0 Å². The van der Waals surface area contributed by atoms with Gasteiger partial charge in [0, 0.05) is 6.42 Å². The zero-order valence-corrected chi connectivity index (χ0v) is 8.32. The van der Waals surface area contributed by atoms with Crippen LogP contribution in [0.15, 0.2) is 24.3 Å². The van der Waals surface area contributed by atoms with Crippen molar-refractivity contribution in [2.45, 2.75) is 19.8 Å².